The van der Waals surface area contributed by atoms with Crippen LogP contribution in [0.5, 0.6) is 0 Å². The topological polar surface area (TPSA) is 38.7 Å². The van der Waals surface area contributed by atoms with E-state index in [1.807, 2.05) is 49.4 Å². The minimum atomic E-state index is -0.360. The predicted octanol–water partition coefficient (Wildman–Crippen LogP) is 2.86. The fraction of sp³-hybridized carbons (Fsp3) is 0.143. The van der Waals surface area contributed by atoms with Gasteiger partial charge < -0.3 is 4.84 Å². The maximum absolute atomic E-state index is 11.7. The summed E-state index contributed by atoms with van der Waals surface area (Å²) in [6, 6.07) is 14.0. The summed E-state index contributed by atoms with van der Waals surface area (Å²) in [7, 11) is 0. The molecule has 3 nitrogen and oxygen atoms in total. The van der Waals surface area contributed by atoms with E-state index in [1.165, 1.54) is 0 Å². The molecule has 2 aromatic rings. The van der Waals surface area contributed by atoms with Crippen molar-refractivity contribution in [2.75, 3.05) is 0 Å². The van der Waals surface area contributed by atoms with Gasteiger partial charge in [0.2, 0.25) is 0 Å². The van der Waals surface area contributed by atoms with Crippen molar-refractivity contribution in [3.63, 3.8) is 0 Å². The molecular weight excluding hydrogens is 214 g/mol. The summed E-state index contributed by atoms with van der Waals surface area (Å²) in [5.74, 6) is -0.653. The molecule has 1 atom stereocenters. The highest BCUT2D eigenvalue weighted by molar-refractivity contribution is 6.11. The fourth-order valence-electron chi connectivity index (χ4n) is 2.25. The number of oxime groups is 1. The molecule has 0 spiro atoms. The number of hydrogen-bond donors (Lipinski definition) is 0. The van der Waals surface area contributed by atoms with Crippen LogP contribution in [0.1, 0.15) is 18.4 Å². The Balaban J connectivity index is 2.24. The molecule has 0 N–H and O–H groups in total. The highest BCUT2D eigenvalue weighted by atomic mass is 16.7. The van der Waals surface area contributed by atoms with Crippen molar-refractivity contribution >= 4 is 22.5 Å². The third kappa shape index (κ3) is 1.51. The largest absolute Gasteiger partial charge is 0.348 e. The summed E-state index contributed by atoms with van der Waals surface area (Å²) in [6.45, 7) is 1.82. The van der Waals surface area contributed by atoms with Crippen molar-refractivity contribution < 1.29 is 9.63 Å². The van der Waals surface area contributed by atoms with E-state index in [4.69, 9.17) is 4.84 Å². The second-order valence-electron chi connectivity index (χ2n) is 4.14. The molecule has 0 saturated carbocycles. The van der Waals surface area contributed by atoms with Gasteiger partial charge in [0.25, 0.3) is 0 Å². The zero-order valence-electron chi connectivity index (χ0n) is 9.38. The van der Waals surface area contributed by atoms with Gasteiger partial charge in [-0.2, -0.15) is 0 Å². The van der Waals surface area contributed by atoms with Crippen LogP contribution in [0.15, 0.2) is 47.6 Å². The molecule has 0 radical (unpaired) electrons. The summed E-state index contributed by atoms with van der Waals surface area (Å²) in [4.78, 5) is 16.4. The van der Waals surface area contributed by atoms with Crippen LogP contribution >= 0.6 is 0 Å². The van der Waals surface area contributed by atoms with Gasteiger partial charge in [-0.25, -0.2) is 4.79 Å². The standard InChI is InChI=1S/C14H11NO2/c1-9-13(14(16)17-15-9)12-8-4-6-10-5-2-3-7-11(10)12/h2-8,13H,1H3/t13-/m0/s1. The van der Waals surface area contributed by atoms with Gasteiger partial charge in [-0.15, -0.1) is 0 Å². The number of rotatable bonds is 1. The SMILES string of the molecule is CC1=NOC(=O)[C@@H]1c1cccc2ccccc12. The minimum Gasteiger partial charge on any atom is -0.317 e. The van der Waals surface area contributed by atoms with Crippen LogP contribution in [0.25, 0.3) is 10.8 Å². The molecule has 0 bridgehead atoms. The number of carbonyl (C=O) groups is 1. The van der Waals surface area contributed by atoms with Crippen molar-refractivity contribution in [2.45, 2.75) is 12.8 Å². The molecule has 1 heterocycles. The van der Waals surface area contributed by atoms with Crippen molar-refractivity contribution in [1.82, 2.24) is 0 Å². The lowest BCUT2D eigenvalue weighted by Gasteiger charge is -2.10. The van der Waals surface area contributed by atoms with Gasteiger partial charge in [-0.1, -0.05) is 47.6 Å². The second-order valence-corrected chi connectivity index (χ2v) is 4.14. The van der Waals surface area contributed by atoms with Crippen molar-refractivity contribution in [3.8, 4) is 0 Å². The Labute approximate surface area is 98.7 Å². The summed E-state index contributed by atoms with van der Waals surface area (Å²) >= 11 is 0. The molecule has 0 aliphatic carbocycles. The van der Waals surface area contributed by atoms with E-state index >= 15 is 0 Å². The van der Waals surface area contributed by atoms with E-state index in [-0.39, 0.29) is 11.9 Å². The zero-order valence-corrected chi connectivity index (χ0v) is 9.38. The lowest BCUT2D eigenvalue weighted by Crippen LogP contribution is -2.14. The van der Waals surface area contributed by atoms with Crippen LogP contribution in [0.2, 0.25) is 0 Å². The van der Waals surface area contributed by atoms with Crippen LogP contribution in [-0.2, 0) is 9.63 Å². The molecule has 17 heavy (non-hydrogen) atoms. The van der Waals surface area contributed by atoms with E-state index in [1.54, 1.807) is 0 Å². The molecular formula is C14H11NO2. The molecule has 1 aliphatic heterocycles. The first-order valence-corrected chi connectivity index (χ1v) is 5.50. The molecule has 0 aromatic heterocycles. The van der Waals surface area contributed by atoms with Gasteiger partial charge in [0.1, 0.15) is 5.92 Å². The fourth-order valence-corrected chi connectivity index (χ4v) is 2.25. The second kappa shape index (κ2) is 3.70. The van der Waals surface area contributed by atoms with Crippen LogP contribution in [0.4, 0.5) is 0 Å². The average Bonchev–Trinajstić information content (AvgIpc) is 2.69. The number of nitrogens with zero attached hydrogens (tertiary/aromatic N) is 1. The van der Waals surface area contributed by atoms with E-state index in [0.717, 1.165) is 16.3 Å². The highest BCUT2D eigenvalue weighted by Gasteiger charge is 2.32. The zero-order chi connectivity index (χ0) is 11.8. The Morgan fingerprint density at radius 2 is 1.88 bits per heavy atom. The molecule has 0 unspecified atom stereocenters. The molecule has 2 aromatic carbocycles. The van der Waals surface area contributed by atoms with Crippen LogP contribution in [0, 0.1) is 0 Å². The summed E-state index contributed by atoms with van der Waals surface area (Å²) in [5, 5.41) is 5.95. The van der Waals surface area contributed by atoms with E-state index < -0.39 is 0 Å². The van der Waals surface area contributed by atoms with Crippen LogP contribution in [0.3, 0.4) is 0 Å². The van der Waals surface area contributed by atoms with Gasteiger partial charge in [0.15, 0.2) is 0 Å². The maximum atomic E-state index is 11.7. The molecule has 1 aliphatic rings. The predicted molar refractivity (Wildman–Crippen MR) is 65.9 cm³/mol. The number of fused-ring (bicyclic) bond motifs is 1. The Kier molecular flexibility index (Phi) is 2.18. The van der Waals surface area contributed by atoms with Gasteiger partial charge >= 0.3 is 5.97 Å². The first kappa shape index (κ1) is 10.0. The molecule has 84 valence electrons. The van der Waals surface area contributed by atoms with Gasteiger partial charge in [-0.3, -0.25) is 0 Å². The van der Waals surface area contributed by atoms with Crippen molar-refractivity contribution in [2.24, 2.45) is 5.16 Å². The summed E-state index contributed by atoms with van der Waals surface area (Å²) < 4.78 is 0. The lowest BCUT2D eigenvalue weighted by atomic mass is 9.91. The van der Waals surface area contributed by atoms with Crippen molar-refractivity contribution in [3.05, 3.63) is 48.0 Å². The smallest absolute Gasteiger partial charge is 0.317 e. The Bertz CT molecular complexity index is 626. The average molecular weight is 225 g/mol. The Morgan fingerprint density at radius 3 is 2.65 bits per heavy atom. The number of carbonyl (C=O) groups excluding carboxylic acids is 1. The molecule has 0 saturated heterocycles. The molecule has 3 rings (SSSR count). The van der Waals surface area contributed by atoms with Gasteiger partial charge in [0.05, 0.1) is 5.71 Å². The Hall–Kier alpha value is -2.16. The highest BCUT2D eigenvalue weighted by Crippen LogP contribution is 2.30. The van der Waals surface area contributed by atoms with E-state index in [2.05, 4.69) is 5.16 Å². The van der Waals surface area contributed by atoms with Gasteiger partial charge in [0, 0.05) is 0 Å². The molecule has 3 heteroatoms. The number of hydrogen-bond acceptors (Lipinski definition) is 3. The molecule has 0 amide bonds. The first-order valence-electron chi connectivity index (χ1n) is 5.50. The summed E-state index contributed by atoms with van der Waals surface area (Å²) in [6.07, 6.45) is 0. The number of benzene rings is 2. The molecule has 0 fully saturated rings. The summed E-state index contributed by atoms with van der Waals surface area (Å²) in [5.41, 5.74) is 1.68. The monoisotopic (exact) mass is 225 g/mol. The Morgan fingerprint density at radius 1 is 1.12 bits per heavy atom. The normalized spacial score (nSPS) is 19.2. The maximum Gasteiger partial charge on any atom is 0.348 e. The lowest BCUT2D eigenvalue weighted by molar-refractivity contribution is -0.141. The van der Waals surface area contributed by atoms with Crippen molar-refractivity contribution in [1.29, 1.82) is 0 Å². The minimum absolute atomic E-state index is 0.293. The third-order valence-corrected chi connectivity index (χ3v) is 3.07. The quantitative estimate of drug-likeness (QED) is 0.700. The first-order chi connectivity index (χ1) is 8.27. The van der Waals surface area contributed by atoms with Gasteiger partial charge in [-0.05, 0) is 23.3 Å². The van der Waals surface area contributed by atoms with E-state index in [0.29, 0.717) is 5.71 Å². The van der Waals surface area contributed by atoms with Crippen LogP contribution < -0.4 is 0 Å². The van der Waals surface area contributed by atoms with E-state index in [9.17, 15) is 4.79 Å². The van der Waals surface area contributed by atoms with Crippen LogP contribution in [-0.4, -0.2) is 11.7 Å². The third-order valence-electron chi connectivity index (χ3n) is 3.07.